The minimum absolute atomic E-state index is 0.107. The predicted molar refractivity (Wildman–Crippen MR) is 91.9 cm³/mol. The van der Waals surface area contributed by atoms with Gasteiger partial charge in [-0.05, 0) is 66.0 Å². The van der Waals surface area contributed by atoms with E-state index < -0.39 is 0 Å². The topological polar surface area (TPSA) is 25.2 Å². The number of furan rings is 1. The standard InChI is InChI=1S/C18H18BrNO/c1-11-8-12(2)18(15(19)9-11)20-13(3)17-10-14-6-4-5-7-16(14)21-17/h4-10,13,20H,1-3H3. The number of aryl methyl sites for hydroxylation is 2. The highest BCUT2D eigenvalue weighted by Gasteiger charge is 2.14. The maximum Gasteiger partial charge on any atom is 0.134 e. The summed E-state index contributed by atoms with van der Waals surface area (Å²) >= 11 is 3.64. The summed E-state index contributed by atoms with van der Waals surface area (Å²) in [6.07, 6.45) is 0. The second-order valence-electron chi connectivity index (χ2n) is 5.49. The van der Waals surface area contributed by atoms with E-state index in [0.29, 0.717) is 0 Å². The average molecular weight is 344 g/mol. The van der Waals surface area contributed by atoms with Crippen molar-refractivity contribution >= 4 is 32.6 Å². The zero-order valence-corrected chi connectivity index (χ0v) is 14.0. The average Bonchev–Trinajstić information content (AvgIpc) is 2.86. The van der Waals surface area contributed by atoms with Crippen molar-refractivity contribution in [3.05, 3.63) is 63.8 Å². The minimum atomic E-state index is 0.107. The maximum atomic E-state index is 5.93. The van der Waals surface area contributed by atoms with Crippen LogP contribution in [0, 0.1) is 13.8 Å². The molecule has 1 atom stereocenters. The third kappa shape index (κ3) is 2.84. The number of fused-ring (bicyclic) bond motifs is 1. The van der Waals surface area contributed by atoms with Crippen LogP contribution in [0.1, 0.15) is 29.9 Å². The van der Waals surface area contributed by atoms with E-state index in [2.05, 4.69) is 66.3 Å². The van der Waals surface area contributed by atoms with Crippen molar-refractivity contribution in [2.24, 2.45) is 0 Å². The van der Waals surface area contributed by atoms with E-state index in [-0.39, 0.29) is 6.04 Å². The van der Waals surface area contributed by atoms with Gasteiger partial charge in [0, 0.05) is 9.86 Å². The van der Waals surface area contributed by atoms with Crippen LogP contribution in [0.5, 0.6) is 0 Å². The summed E-state index contributed by atoms with van der Waals surface area (Å²) in [6.45, 7) is 6.33. The van der Waals surface area contributed by atoms with E-state index in [9.17, 15) is 0 Å². The Labute approximate surface area is 133 Å². The van der Waals surface area contributed by atoms with Crippen molar-refractivity contribution in [3.63, 3.8) is 0 Å². The van der Waals surface area contributed by atoms with Crippen molar-refractivity contribution < 1.29 is 4.42 Å². The molecule has 0 spiro atoms. The lowest BCUT2D eigenvalue weighted by atomic mass is 10.1. The zero-order valence-electron chi connectivity index (χ0n) is 12.4. The molecule has 1 unspecified atom stereocenters. The first-order valence-electron chi connectivity index (χ1n) is 7.06. The lowest BCUT2D eigenvalue weighted by Crippen LogP contribution is -2.07. The van der Waals surface area contributed by atoms with E-state index in [0.717, 1.165) is 26.9 Å². The molecule has 2 aromatic carbocycles. The maximum absolute atomic E-state index is 5.93. The highest BCUT2D eigenvalue weighted by atomic mass is 79.9. The quantitative estimate of drug-likeness (QED) is 0.632. The number of benzene rings is 2. The number of para-hydroxylation sites is 1. The van der Waals surface area contributed by atoms with Crippen LogP contribution in [-0.2, 0) is 0 Å². The summed E-state index contributed by atoms with van der Waals surface area (Å²) in [4.78, 5) is 0. The molecule has 21 heavy (non-hydrogen) atoms. The normalized spacial score (nSPS) is 12.6. The molecule has 0 radical (unpaired) electrons. The summed E-state index contributed by atoms with van der Waals surface area (Å²) in [5.41, 5.74) is 4.53. The summed E-state index contributed by atoms with van der Waals surface area (Å²) in [5.74, 6) is 0.947. The molecule has 1 heterocycles. The van der Waals surface area contributed by atoms with Gasteiger partial charge in [-0.2, -0.15) is 0 Å². The molecule has 0 aliphatic rings. The van der Waals surface area contributed by atoms with E-state index in [1.165, 1.54) is 11.1 Å². The Balaban J connectivity index is 1.91. The first kappa shape index (κ1) is 14.2. The zero-order chi connectivity index (χ0) is 15.0. The van der Waals surface area contributed by atoms with E-state index in [1.54, 1.807) is 0 Å². The molecule has 0 aliphatic carbocycles. The van der Waals surface area contributed by atoms with Gasteiger partial charge in [0.1, 0.15) is 11.3 Å². The Bertz CT molecular complexity index is 735. The number of hydrogen-bond acceptors (Lipinski definition) is 2. The van der Waals surface area contributed by atoms with Gasteiger partial charge in [-0.1, -0.05) is 24.3 Å². The van der Waals surface area contributed by atoms with Gasteiger partial charge in [-0.15, -0.1) is 0 Å². The van der Waals surface area contributed by atoms with Crippen molar-refractivity contribution in [1.82, 2.24) is 0 Å². The Morgan fingerprint density at radius 2 is 1.86 bits per heavy atom. The number of hydrogen-bond donors (Lipinski definition) is 1. The summed E-state index contributed by atoms with van der Waals surface area (Å²) in [5, 5.41) is 4.68. The second-order valence-corrected chi connectivity index (χ2v) is 6.35. The van der Waals surface area contributed by atoms with Crippen LogP contribution in [0.4, 0.5) is 5.69 Å². The molecule has 3 rings (SSSR count). The lowest BCUT2D eigenvalue weighted by Gasteiger charge is -2.17. The Morgan fingerprint density at radius 1 is 1.10 bits per heavy atom. The van der Waals surface area contributed by atoms with Gasteiger partial charge in [0.15, 0.2) is 0 Å². The minimum Gasteiger partial charge on any atom is -0.459 e. The molecule has 0 amide bonds. The fourth-order valence-electron chi connectivity index (χ4n) is 2.60. The fraction of sp³-hybridized carbons (Fsp3) is 0.222. The summed E-state index contributed by atoms with van der Waals surface area (Å²) in [7, 11) is 0. The Kier molecular flexibility index (Phi) is 3.77. The molecular formula is C18H18BrNO. The van der Waals surface area contributed by atoms with Gasteiger partial charge in [0.05, 0.1) is 11.7 Å². The van der Waals surface area contributed by atoms with Crippen LogP contribution in [0.2, 0.25) is 0 Å². The molecule has 0 saturated carbocycles. The van der Waals surface area contributed by atoms with Gasteiger partial charge in [-0.25, -0.2) is 0 Å². The van der Waals surface area contributed by atoms with Gasteiger partial charge in [0.2, 0.25) is 0 Å². The molecule has 108 valence electrons. The molecular weight excluding hydrogens is 326 g/mol. The molecule has 0 aliphatic heterocycles. The molecule has 1 N–H and O–H groups in total. The summed E-state index contributed by atoms with van der Waals surface area (Å²) in [6, 6.07) is 14.6. The molecule has 2 nitrogen and oxygen atoms in total. The van der Waals surface area contributed by atoms with Crippen molar-refractivity contribution in [2.75, 3.05) is 5.32 Å². The largest absolute Gasteiger partial charge is 0.459 e. The van der Waals surface area contributed by atoms with Gasteiger partial charge >= 0.3 is 0 Å². The summed E-state index contributed by atoms with van der Waals surface area (Å²) < 4.78 is 7.01. The smallest absolute Gasteiger partial charge is 0.134 e. The van der Waals surface area contributed by atoms with E-state index in [4.69, 9.17) is 4.42 Å². The SMILES string of the molecule is Cc1cc(C)c(NC(C)c2cc3ccccc3o2)c(Br)c1. The molecule has 0 saturated heterocycles. The molecule has 1 aromatic heterocycles. The fourth-order valence-corrected chi connectivity index (χ4v) is 3.39. The highest BCUT2D eigenvalue weighted by molar-refractivity contribution is 9.10. The van der Waals surface area contributed by atoms with Crippen molar-refractivity contribution in [2.45, 2.75) is 26.8 Å². The number of nitrogens with one attached hydrogen (secondary N) is 1. The monoisotopic (exact) mass is 343 g/mol. The van der Waals surface area contributed by atoms with Crippen molar-refractivity contribution in [3.8, 4) is 0 Å². The second kappa shape index (κ2) is 5.57. The highest BCUT2D eigenvalue weighted by Crippen LogP contribution is 2.32. The number of anilines is 1. The van der Waals surface area contributed by atoms with Crippen LogP contribution < -0.4 is 5.32 Å². The Hall–Kier alpha value is -1.74. The predicted octanol–water partition coefficient (Wildman–Crippen LogP) is 5.99. The Morgan fingerprint density at radius 3 is 2.57 bits per heavy atom. The van der Waals surface area contributed by atoms with Crippen LogP contribution >= 0.6 is 15.9 Å². The van der Waals surface area contributed by atoms with Gasteiger partial charge in [-0.3, -0.25) is 0 Å². The number of halogens is 1. The van der Waals surface area contributed by atoms with Crippen LogP contribution in [0.3, 0.4) is 0 Å². The molecule has 0 fully saturated rings. The molecule has 3 heteroatoms. The third-order valence-electron chi connectivity index (χ3n) is 3.66. The van der Waals surface area contributed by atoms with Gasteiger partial charge in [0.25, 0.3) is 0 Å². The van der Waals surface area contributed by atoms with Crippen LogP contribution in [0.25, 0.3) is 11.0 Å². The van der Waals surface area contributed by atoms with Crippen molar-refractivity contribution in [1.29, 1.82) is 0 Å². The van der Waals surface area contributed by atoms with Crippen LogP contribution in [-0.4, -0.2) is 0 Å². The molecule has 3 aromatic rings. The first-order valence-corrected chi connectivity index (χ1v) is 7.85. The molecule has 0 bridgehead atoms. The third-order valence-corrected chi connectivity index (χ3v) is 4.29. The van der Waals surface area contributed by atoms with E-state index >= 15 is 0 Å². The van der Waals surface area contributed by atoms with E-state index in [1.807, 2.05) is 18.2 Å². The lowest BCUT2D eigenvalue weighted by molar-refractivity contribution is 0.526. The van der Waals surface area contributed by atoms with Gasteiger partial charge < -0.3 is 9.73 Å². The first-order chi connectivity index (χ1) is 10.0. The number of rotatable bonds is 3. The van der Waals surface area contributed by atoms with Crippen LogP contribution in [0.15, 0.2) is 51.4 Å².